The van der Waals surface area contributed by atoms with Crippen molar-refractivity contribution in [1.82, 2.24) is 15.6 Å². The maximum atomic E-state index is 6.37. The Kier molecular flexibility index (Phi) is 15.5. The first-order valence-corrected chi connectivity index (χ1v) is 17.0. The minimum atomic E-state index is -0.0121. The zero-order chi connectivity index (χ0) is 29.8. The lowest BCUT2D eigenvalue weighted by Crippen LogP contribution is -2.26. The van der Waals surface area contributed by atoms with E-state index in [2.05, 4.69) is 52.1 Å². The summed E-state index contributed by atoms with van der Waals surface area (Å²) in [6.07, 6.45) is 28.8. The predicted octanol–water partition coefficient (Wildman–Crippen LogP) is 9.15. The number of nitrogens with one attached hydrogen (secondary N) is 2. The van der Waals surface area contributed by atoms with E-state index in [0.717, 1.165) is 44.7 Å². The SMILES string of the molecule is ClC1C=CN=CCCCCC=C(NCCCCCCCCNC2CCCc3nc(OCc4ccccc4)ccc32)C=CC1. The molecule has 4 rings (SSSR count). The van der Waals surface area contributed by atoms with Crippen LogP contribution in [0.1, 0.15) is 106 Å². The Labute approximate surface area is 265 Å². The van der Waals surface area contributed by atoms with Gasteiger partial charge in [-0.1, -0.05) is 74.2 Å². The van der Waals surface area contributed by atoms with Crippen LogP contribution in [0, 0.1) is 0 Å². The number of nitrogens with zero attached hydrogens (tertiary/aromatic N) is 2. The van der Waals surface area contributed by atoms with Crippen molar-refractivity contribution in [3.05, 3.63) is 95.5 Å². The molecule has 0 saturated heterocycles. The maximum Gasteiger partial charge on any atom is 0.213 e. The number of fused-ring (bicyclic) bond motifs is 1. The molecule has 2 aromatic rings. The number of pyridine rings is 1. The zero-order valence-electron chi connectivity index (χ0n) is 25.9. The minimum Gasteiger partial charge on any atom is -0.473 e. The lowest BCUT2D eigenvalue weighted by molar-refractivity contribution is 0.291. The van der Waals surface area contributed by atoms with Crippen molar-refractivity contribution < 1.29 is 4.74 Å². The molecule has 2 atom stereocenters. The van der Waals surface area contributed by atoms with E-state index < -0.39 is 0 Å². The van der Waals surface area contributed by atoms with Crippen molar-refractivity contribution >= 4 is 17.8 Å². The summed E-state index contributed by atoms with van der Waals surface area (Å²) in [7, 11) is 0. The average Bonchev–Trinajstić information content (AvgIpc) is 3.03. The van der Waals surface area contributed by atoms with E-state index in [4.69, 9.17) is 21.3 Å². The number of halogens is 1. The van der Waals surface area contributed by atoms with Crippen molar-refractivity contribution in [2.24, 2.45) is 4.99 Å². The monoisotopic (exact) mass is 602 g/mol. The first-order valence-electron chi connectivity index (χ1n) is 16.6. The number of unbranched alkanes of at least 4 members (excludes halogenated alkanes) is 5. The molecule has 232 valence electrons. The Morgan fingerprint density at radius 1 is 0.884 bits per heavy atom. The van der Waals surface area contributed by atoms with E-state index in [1.54, 1.807) is 0 Å². The molecule has 6 heteroatoms. The van der Waals surface area contributed by atoms with Gasteiger partial charge in [0.15, 0.2) is 0 Å². The number of alkyl halides is 1. The summed E-state index contributed by atoms with van der Waals surface area (Å²) >= 11 is 6.37. The van der Waals surface area contributed by atoms with Gasteiger partial charge in [-0.2, -0.15) is 0 Å². The highest BCUT2D eigenvalue weighted by atomic mass is 35.5. The van der Waals surface area contributed by atoms with E-state index in [1.165, 1.54) is 86.7 Å². The summed E-state index contributed by atoms with van der Waals surface area (Å²) in [5.74, 6) is 0.733. The zero-order valence-corrected chi connectivity index (χ0v) is 26.6. The molecule has 2 heterocycles. The normalized spacial score (nSPS) is 19.3. The second-order valence-corrected chi connectivity index (χ2v) is 12.2. The minimum absolute atomic E-state index is 0.0121. The van der Waals surface area contributed by atoms with Crippen molar-refractivity contribution in [3.63, 3.8) is 0 Å². The van der Waals surface area contributed by atoms with Crippen LogP contribution < -0.4 is 15.4 Å². The third-order valence-electron chi connectivity index (χ3n) is 8.12. The van der Waals surface area contributed by atoms with Gasteiger partial charge in [0.05, 0.1) is 5.38 Å². The second kappa shape index (κ2) is 20.1. The summed E-state index contributed by atoms with van der Waals surface area (Å²) in [6, 6.07) is 15.0. The quantitative estimate of drug-likeness (QED) is 0.167. The number of allylic oxidation sites excluding steroid dienone is 4. The highest BCUT2D eigenvalue weighted by Gasteiger charge is 2.21. The van der Waals surface area contributed by atoms with E-state index >= 15 is 0 Å². The summed E-state index contributed by atoms with van der Waals surface area (Å²) in [5, 5.41) is 7.46. The second-order valence-electron chi connectivity index (χ2n) is 11.7. The molecule has 2 unspecified atom stereocenters. The Bertz CT molecular complexity index is 1180. The molecule has 5 nitrogen and oxygen atoms in total. The lowest BCUT2D eigenvalue weighted by Gasteiger charge is -2.26. The van der Waals surface area contributed by atoms with Crippen molar-refractivity contribution in [2.45, 2.75) is 108 Å². The fourth-order valence-electron chi connectivity index (χ4n) is 5.65. The topological polar surface area (TPSA) is 58.5 Å². The Hall–Kier alpha value is -2.89. The van der Waals surface area contributed by atoms with Crippen LogP contribution in [0.2, 0.25) is 0 Å². The highest BCUT2D eigenvalue weighted by Crippen LogP contribution is 2.30. The van der Waals surface area contributed by atoms with Gasteiger partial charge >= 0.3 is 0 Å². The van der Waals surface area contributed by atoms with Gasteiger partial charge in [0, 0.05) is 42.5 Å². The standard InChI is InChI=1S/C37H51ClN4O/c38-32-18-14-20-33(19-10-3-6-11-26-39-29-25-32)40-27-12-4-1-2-5-13-28-41-35-21-15-22-36-34(35)23-24-37(42-36)43-30-31-16-8-7-9-17-31/h7-9,14,16-17,19-20,23-26,29,32,35,40-41H,1-6,10-13,15,18,21-22,27-28,30H2. The van der Waals surface area contributed by atoms with E-state index in [9.17, 15) is 0 Å². The molecule has 43 heavy (non-hydrogen) atoms. The number of benzene rings is 1. The molecule has 1 aliphatic carbocycles. The number of aryl methyl sites for hydroxylation is 1. The maximum absolute atomic E-state index is 6.37. The molecule has 0 bridgehead atoms. The number of ether oxygens (including phenoxy) is 1. The van der Waals surface area contributed by atoms with E-state index in [0.29, 0.717) is 12.6 Å². The Balaban J connectivity index is 1.06. The van der Waals surface area contributed by atoms with Crippen LogP contribution in [0.15, 0.2) is 83.7 Å². The van der Waals surface area contributed by atoms with Gasteiger partial charge in [-0.05, 0) is 94.0 Å². The fourth-order valence-corrected chi connectivity index (χ4v) is 5.82. The molecule has 0 fully saturated rings. The molecule has 0 spiro atoms. The molecule has 1 aromatic heterocycles. The Morgan fingerprint density at radius 2 is 1.70 bits per heavy atom. The van der Waals surface area contributed by atoms with Crippen LogP contribution in [-0.4, -0.2) is 29.7 Å². The van der Waals surface area contributed by atoms with E-state index in [-0.39, 0.29) is 5.38 Å². The number of hydrogen-bond donors (Lipinski definition) is 2. The Morgan fingerprint density at radius 3 is 2.58 bits per heavy atom. The number of rotatable bonds is 14. The molecular weight excluding hydrogens is 552 g/mol. The van der Waals surface area contributed by atoms with Crippen LogP contribution in [0.5, 0.6) is 5.88 Å². The van der Waals surface area contributed by atoms with Gasteiger partial charge in [0.1, 0.15) is 6.61 Å². The summed E-state index contributed by atoms with van der Waals surface area (Å²) in [6.45, 7) is 2.66. The predicted molar refractivity (Wildman–Crippen MR) is 182 cm³/mol. The molecule has 1 aromatic carbocycles. The van der Waals surface area contributed by atoms with Crippen LogP contribution in [0.4, 0.5) is 0 Å². The van der Waals surface area contributed by atoms with Gasteiger partial charge in [-0.25, -0.2) is 4.98 Å². The van der Waals surface area contributed by atoms with Crippen molar-refractivity contribution in [2.75, 3.05) is 13.1 Å². The van der Waals surface area contributed by atoms with Crippen molar-refractivity contribution in [3.8, 4) is 5.88 Å². The molecule has 2 aliphatic rings. The number of aromatic nitrogens is 1. The summed E-state index contributed by atoms with van der Waals surface area (Å²) in [5.41, 5.74) is 4.96. The number of aliphatic imine (C=N–C) groups is 1. The average molecular weight is 603 g/mol. The third-order valence-corrected chi connectivity index (χ3v) is 8.44. The molecule has 0 saturated carbocycles. The lowest BCUT2D eigenvalue weighted by atomic mass is 9.91. The number of hydrogen-bond acceptors (Lipinski definition) is 5. The summed E-state index contributed by atoms with van der Waals surface area (Å²) < 4.78 is 5.97. The largest absolute Gasteiger partial charge is 0.473 e. The van der Waals surface area contributed by atoms with Gasteiger partial charge in [-0.3, -0.25) is 4.99 Å². The van der Waals surface area contributed by atoms with Gasteiger partial charge in [-0.15, -0.1) is 11.6 Å². The highest BCUT2D eigenvalue weighted by molar-refractivity contribution is 6.21. The molecule has 0 amide bonds. The molecular formula is C37H51ClN4O. The van der Waals surface area contributed by atoms with Gasteiger partial charge in [0.2, 0.25) is 5.88 Å². The molecule has 2 N–H and O–H groups in total. The smallest absolute Gasteiger partial charge is 0.213 e. The first kappa shape index (κ1) is 33.0. The van der Waals surface area contributed by atoms with Crippen LogP contribution >= 0.6 is 11.6 Å². The van der Waals surface area contributed by atoms with Crippen molar-refractivity contribution in [1.29, 1.82) is 0 Å². The van der Waals surface area contributed by atoms with Gasteiger partial charge in [0.25, 0.3) is 0 Å². The summed E-state index contributed by atoms with van der Waals surface area (Å²) in [4.78, 5) is 9.15. The third kappa shape index (κ3) is 13.1. The van der Waals surface area contributed by atoms with Gasteiger partial charge < -0.3 is 15.4 Å². The van der Waals surface area contributed by atoms with Crippen LogP contribution in [0.3, 0.4) is 0 Å². The fraction of sp³-hybridized carbons (Fsp3) is 0.514. The van der Waals surface area contributed by atoms with Crippen LogP contribution in [0.25, 0.3) is 0 Å². The molecule has 1 aliphatic heterocycles. The molecule has 0 radical (unpaired) electrons. The van der Waals surface area contributed by atoms with E-state index in [1.807, 2.05) is 42.8 Å². The van der Waals surface area contributed by atoms with Crippen LogP contribution in [-0.2, 0) is 13.0 Å². The first-order chi connectivity index (χ1) is 21.3.